The molecule has 0 saturated heterocycles. The molecule has 1 fully saturated rings. The SMILES string of the molecule is CC(C)NCc1c(F)cccc1N(C)C1CCCCCC1. The Morgan fingerprint density at radius 3 is 2.48 bits per heavy atom. The van der Waals surface area contributed by atoms with E-state index in [1.165, 1.54) is 38.5 Å². The molecule has 0 amide bonds. The third-order valence-corrected chi connectivity index (χ3v) is 4.53. The zero-order valence-electron chi connectivity index (χ0n) is 13.7. The van der Waals surface area contributed by atoms with Gasteiger partial charge >= 0.3 is 0 Å². The van der Waals surface area contributed by atoms with Crippen molar-refractivity contribution in [3.05, 3.63) is 29.6 Å². The molecule has 0 bridgehead atoms. The van der Waals surface area contributed by atoms with Gasteiger partial charge in [0.05, 0.1) is 0 Å². The van der Waals surface area contributed by atoms with Crippen LogP contribution in [0.15, 0.2) is 18.2 Å². The summed E-state index contributed by atoms with van der Waals surface area (Å²) in [6, 6.07) is 6.37. The minimum atomic E-state index is -0.0962. The summed E-state index contributed by atoms with van der Waals surface area (Å²) < 4.78 is 14.2. The zero-order chi connectivity index (χ0) is 15.2. The van der Waals surface area contributed by atoms with Gasteiger partial charge in [0.2, 0.25) is 0 Å². The van der Waals surface area contributed by atoms with Crippen LogP contribution in [0.1, 0.15) is 57.9 Å². The van der Waals surface area contributed by atoms with E-state index >= 15 is 0 Å². The molecular weight excluding hydrogens is 263 g/mol. The van der Waals surface area contributed by atoms with Crippen LogP contribution in [0.4, 0.5) is 10.1 Å². The highest BCUT2D eigenvalue weighted by atomic mass is 19.1. The molecule has 1 N–H and O–H groups in total. The van der Waals surface area contributed by atoms with Gasteiger partial charge in [-0.3, -0.25) is 0 Å². The van der Waals surface area contributed by atoms with E-state index in [1.54, 1.807) is 6.07 Å². The summed E-state index contributed by atoms with van der Waals surface area (Å²) in [6.07, 6.45) is 7.73. The average molecular weight is 292 g/mol. The van der Waals surface area contributed by atoms with Gasteiger partial charge in [0.25, 0.3) is 0 Å². The Labute approximate surface area is 128 Å². The molecule has 1 saturated carbocycles. The molecule has 1 aliphatic carbocycles. The Morgan fingerprint density at radius 1 is 1.19 bits per heavy atom. The molecule has 21 heavy (non-hydrogen) atoms. The van der Waals surface area contributed by atoms with Crippen molar-refractivity contribution in [2.24, 2.45) is 0 Å². The lowest BCUT2D eigenvalue weighted by atomic mass is 10.0. The van der Waals surface area contributed by atoms with Crippen LogP contribution in [0, 0.1) is 5.82 Å². The van der Waals surface area contributed by atoms with E-state index in [1.807, 2.05) is 6.07 Å². The first-order chi connectivity index (χ1) is 10.1. The summed E-state index contributed by atoms with van der Waals surface area (Å²) in [5, 5.41) is 3.35. The molecule has 2 rings (SSSR count). The van der Waals surface area contributed by atoms with Crippen molar-refractivity contribution in [1.29, 1.82) is 0 Å². The highest BCUT2D eigenvalue weighted by Gasteiger charge is 2.20. The van der Waals surface area contributed by atoms with Gasteiger partial charge < -0.3 is 10.2 Å². The summed E-state index contributed by atoms with van der Waals surface area (Å²) in [5.74, 6) is -0.0962. The molecule has 2 nitrogen and oxygen atoms in total. The number of anilines is 1. The van der Waals surface area contributed by atoms with Gasteiger partial charge in [-0.2, -0.15) is 0 Å². The Morgan fingerprint density at radius 2 is 1.86 bits per heavy atom. The summed E-state index contributed by atoms with van der Waals surface area (Å²) >= 11 is 0. The molecule has 0 unspecified atom stereocenters. The van der Waals surface area contributed by atoms with Gasteiger partial charge in [-0.05, 0) is 25.0 Å². The third-order valence-electron chi connectivity index (χ3n) is 4.53. The first-order valence-electron chi connectivity index (χ1n) is 8.33. The van der Waals surface area contributed by atoms with Gasteiger partial charge in [0.1, 0.15) is 5.82 Å². The highest BCUT2D eigenvalue weighted by Crippen LogP contribution is 2.29. The molecule has 0 radical (unpaired) electrons. The van der Waals surface area contributed by atoms with Crippen LogP contribution in [-0.4, -0.2) is 19.1 Å². The number of halogens is 1. The van der Waals surface area contributed by atoms with Gasteiger partial charge in [-0.25, -0.2) is 4.39 Å². The van der Waals surface area contributed by atoms with E-state index in [2.05, 4.69) is 37.2 Å². The monoisotopic (exact) mass is 292 g/mol. The Balaban J connectivity index is 2.18. The second-order valence-electron chi connectivity index (χ2n) is 6.53. The number of nitrogens with zero attached hydrogens (tertiary/aromatic N) is 1. The van der Waals surface area contributed by atoms with E-state index in [-0.39, 0.29) is 5.82 Å². The molecule has 0 aliphatic heterocycles. The van der Waals surface area contributed by atoms with Crippen LogP contribution in [-0.2, 0) is 6.54 Å². The maximum absolute atomic E-state index is 14.2. The maximum Gasteiger partial charge on any atom is 0.129 e. The quantitative estimate of drug-likeness (QED) is 0.805. The fourth-order valence-electron chi connectivity index (χ4n) is 3.20. The highest BCUT2D eigenvalue weighted by molar-refractivity contribution is 5.54. The fourth-order valence-corrected chi connectivity index (χ4v) is 3.20. The molecular formula is C18H29FN2. The second-order valence-corrected chi connectivity index (χ2v) is 6.53. The summed E-state index contributed by atoms with van der Waals surface area (Å²) in [6.45, 7) is 4.78. The van der Waals surface area contributed by atoms with Crippen LogP contribution in [0.5, 0.6) is 0 Å². The normalized spacial score (nSPS) is 17.0. The van der Waals surface area contributed by atoms with Crippen molar-refractivity contribution >= 4 is 5.69 Å². The Bertz CT molecular complexity index is 437. The minimum absolute atomic E-state index is 0.0962. The molecule has 3 heteroatoms. The van der Waals surface area contributed by atoms with Crippen molar-refractivity contribution in [3.63, 3.8) is 0 Å². The van der Waals surface area contributed by atoms with Gasteiger partial charge in [0.15, 0.2) is 0 Å². The van der Waals surface area contributed by atoms with E-state index in [9.17, 15) is 4.39 Å². The topological polar surface area (TPSA) is 15.3 Å². The van der Waals surface area contributed by atoms with Gasteiger partial charge in [0, 0.05) is 36.9 Å². The van der Waals surface area contributed by atoms with Crippen molar-refractivity contribution < 1.29 is 4.39 Å². The number of rotatable bonds is 5. The molecule has 0 spiro atoms. The maximum atomic E-state index is 14.2. The molecule has 0 aromatic heterocycles. The van der Waals surface area contributed by atoms with E-state index in [0.717, 1.165) is 11.3 Å². The summed E-state index contributed by atoms with van der Waals surface area (Å²) in [4.78, 5) is 2.31. The molecule has 1 aromatic carbocycles. The van der Waals surface area contributed by atoms with Crippen LogP contribution < -0.4 is 10.2 Å². The first-order valence-corrected chi connectivity index (χ1v) is 8.33. The van der Waals surface area contributed by atoms with Gasteiger partial charge in [-0.1, -0.05) is 45.6 Å². The van der Waals surface area contributed by atoms with E-state index in [4.69, 9.17) is 0 Å². The number of benzene rings is 1. The minimum Gasteiger partial charge on any atom is -0.371 e. The lowest BCUT2D eigenvalue weighted by molar-refractivity contribution is 0.533. The third kappa shape index (κ3) is 4.44. The van der Waals surface area contributed by atoms with E-state index < -0.39 is 0 Å². The number of hydrogen-bond acceptors (Lipinski definition) is 2. The van der Waals surface area contributed by atoms with E-state index in [0.29, 0.717) is 18.6 Å². The van der Waals surface area contributed by atoms with Gasteiger partial charge in [-0.15, -0.1) is 0 Å². The molecule has 0 heterocycles. The lowest BCUT2D eigenvalue weighted by Gasteiger charge is -2.31. The van der Waals surface area contributed by atoms with Crippen LogP contribution in [0.25, 0.3) is 0 Å². The number of hydrogen-bond donors (Lipinski definition) is 1. The molecule has 0 atom stereocenters. The summed E-state index contributed by atoms with van der Waals surface area (Å²) in [5.41, 5.74) is 1.85. The standard InChI is InChI=1S/C18H29FN2/c1-14(2)20-13-16-17(19)11-8-12-18(16)21(3)15-9-6-4-5-7-10-15/h8,11-12,14-15,20H,4-7,9-10,13H2,1-3H3. The lowest BCUT2D eigenvalue weighted by Crippen LogP contribution is -2.33. The zero-order valence-corrected chi connectivity index (χ0v) is 13.7. The van der Waals surface area contributed by atoms with Crippen LogP contribution >= 0.6 is 0 Å². The summed E-state index contributed by atoms with van der Waals surface area (Å²) in [7, 11) is 2.13. The fraction of sp³-hybridized carbons (Fsp3) is 0.667. The average Bonchev–Trinajstić information content (AvgIpc) is 2.74. The van der Waals surface area contributed by atoms with Crippen molar-refractivity contribution in [3.8, 4) is 0 Å². The van der Waals surface area contributed by atoms with Crippen molar-refractivity contribution in [1.82, 2.24) is 5.32 Å². The van der Waals surface area contributed by atoms with Crippen molar-refractivity contribution in [2.45, 2.75) is 71.0 Å². The van der Waals surface area contributed by atoms with Crippen LogP contribution in [0.3, 0.4) is 0 Å². The Hall–Kier alpha value is -1.09. The predicted molar refractivity (Wildman–Crippen MR) is 88.3 cm³/mol. The van der Waals surface area contributed by atoms with Crippen molar-refractivity contribution in [2.75, 3.05) is 11.9 Å². The smallest absolute Gasteiger partial charge is 0.129 e. The molecule has 1 aromatic rings. The Kier molecular flexibility index (Phi) is 6.04. The largest absolute Gasteiger partial charge is 0.371 e. The number of nitrogens with one attached hydrogen (secondary N) is 1. The molecule has 1 aliphatic rings. The first kappa shape index (κ1) is 16.3. The van der Waals surface area contributed by atoms with Crippen LogP contribution in [0.2, 0.25) is 0 Å². The molecule has 118 valence electrons. The second kappa shape index (κ2) is 7.79. The predicted octanol–water partition coefficient (Wildman–Crippen LogP) is 4.48.